The molecule has 0 bridgehead atoms. The van der Waals surface area contributed by atoms with E-state index in [1.807, 2.05) is 6.08 Å². The molecule has 45 heavy (non-hydrogen) atoms. The molecule has 7 heteroatoms. The molecule has 0 aromatic carbocycles. The predicted octanol–water partition coefficient (Wildman–Crippen LogP) is 10.4. The summed E-state index contributed by atoms with van der Waals surface area (Å²) < 4.78 is 25.1. The zero-order valence-corrected chi connectivity index (χ0v) is 30.3. The molecular weight excluding hydrogens is 582 g/mol. The molecule has 6 nitrogen and oxygen atoms in total. The average molecular weight is 654 g/mol. The highest BCUT2D eigenvalue weighted by Crippen LogP contribution is 2.28. The van der Waals surface area contributed by atoms with Crippen molar-refractivity contribution in [2.45, 2.75) is 205 Å². The summed E-state index contributed by atoms with van der Waals surface area (Å²) >= 11 is 0. The van der Waals surface area contributed by atoms with Crippen LogP contribution in [0.3, 0.4) is 0 Å². The molecule has 2 amide bonds. The smallest absolute Gasteiger partial charge is 0.252 e. The van der Waals surface area contributed by atoms with Gasteiger partial charge in [-0.05, 0) is 25.7 Å². The van der Waals surface area contributed by atoms with Gasteiger partial charge < -0.3 is 5.11 Å². The third-order valence-corrected chi connectivity index (χ3v) is 11.4. The zero-order chi connectivity index (χ0) is 33.0. The number of aliphatic hydroxyl groups excluding tert-OH is 1. The van der Waals surface area contributed by atoms with Gasteiger partial charge in [0.05, 0.1) is 18.8 Å². The van der Waals surface area contributed by atoms with Crippen LogP contribution in [0, 0.1) is 0 Å². The van der Waals surface area contributed by atoms with E-state index < -0.39 is 39.3 Å². The number of nitrogens with zero attached hydrogens (tertiary/aromatic N) is 1. The van der Waals surface area contributed by atoms with E-state index in [-0.39, 0.29) is 6.42 Å². The lowest BCUT2D eigenvalue weighted by Crippen LogP contribution is -2.36. The Morgan fingerprint density at radius 2 is 1.02 bits per heavy atom. The number of rotatable bonds is 32. The van der Waals surface area contributed by atoms with E-state index in [1.54, 1.807) is 0 Å². The first kappa shape index (κ1) is 41.8. The summed E-state index contributed by atoms with van der Waals surface area (Å²) in [6, 6.07) is 0. The minimum Gasteiger partial charge on any atom is -0.395 e. The quantitative estimate of drug-likeness (QED) is 0.0576. The van der Waals surface area contributed by atoms with E-state index in [4.69, 9.17) is 5.11 Å². The van der Waals surface area contributed by atoms with Crippen LogP contribution in [0.4, 0.5) is 0 Å². The van der Waals surface area contributed by atoms with Gasteiger partial charge >= 0.3 is 0 Å². The lowest BCUT2D eigenvalue weighted by molar-refractivity contribution is -0.136. The van der Waals surface area contributed by atoms with Crippen LogP contribution in [0.2, 0.25) is 0 Å². The van der Waals surface area contributed by atoms with E-state index in [1.165, 1.54) is 135 Å². The van der Waals surface area contributed by atoms with Crippen LogP contribution < -0.4 is 0 Å². The van der Waals surface area contributed by atoms with Gasteiger partial charge in [0.15, 0.2) is 9.84 Å². The number of carbonyl (C=O) groups is 2. The first-order valence-electron chi connectivity index (χ1n) is 19.3. The number of aliphatic hydroxyl groups is 1. The first-order valence-corrected chi connectivity index (χ1v) is 21.0. The molecule has 1 rings (SSSR count). The van der Waals surface area contributed by atoms with E-state index in [0.29, 0.717) is 12.1 Å². The molecule has 1 N–H and O–H groups in total. The Morgan fingerprint density at radius 3 is 1.42 bits per heavy atom. The summed E-state index contributed by atoms with van der Waals surface area (Å²) in [7, 11) is -3.84. The van der Waals surface area contributed by atoms with Gasteiger partial charge in [0.1, 0.15) is 5.25 Å². The number of amides is 2. The monoisotopic (exact) mass is 654 g/mol. The number of allylic oxidation sites excluding steroid dienone is 2. The fourth-order valence-corrected chi connectivity index (χ4v) is 7.86. The first-order chi connectivity index (χ1) is 21.9. The van der Waals surface area contributed by atoms with Crippen LogP contribution in [0.15, 0.2) is 11.8 Å². The summed E-state index contributed by atoms with van der Waals surface area (Å²) in [6.45, 7) is 3.95. The molecule has 0 aliphatic carbocycles. The van der Waals surface area contributed by atoms with Crippen molar-refractivity contribution >= 4 is 21.7 Å². The number of hydrogen-bond acceptors (Lipinski definition) is 5. The number of likely N-dealkylation sites (tertiary alicyclic amines) is 1. The van der Waals surface area contributed by atoms with E-state index >= 15 is 0 Å². The van der Waals surface area contributed by atoms with Crippen LogP contribution in [0.5, 0.6) is 0 Å². The highest BCUT2D eigenvalue weighted by Gasteiger charge is 2.46. The van der Waals surface area contributed by atoms with Gasteiger partial charge in [0, 0.05) is 5.70 Å². The molecule has 1 aliphatic heterocycles. The number of sulfone groups is 1. The molecule has 1 atom stereocenters. The van der Waals surface area contributed by atoms with Gasteiger partial charge in [-0.1, -0.05) is 174 Å². The van der Waals surface area contributed by atoms with Gasteiger partial charge in [-0.3, -0.25) is 14.5 Å². The standard InChI is InChI=1S/C38H71NO5S/c1-3-5-7-9-11-13-14-15-16-17-18-19-20-21-22-23-25-27-29-31-35(30-28-26-24-12-10-8-6-4-2)39-37(41)34-36(38(39)42)45(43,44)33-32-40/h31,36,40H,3-30,32-34H2,1-2H3/b35-31+. The number of carbonyl (C=O) groups excluding carboxylic acids is 2. The Hall–Kier alpha value is -1.21. The minimum absolute atomic E-state index is 0.310. The van der Waals surface area contributed by atoms with Gasteiger partial charge in [0.2, 0.25) is 5.91 Å². The third-order valence-electron chi connectivity index (χ3n) is 9.43. The minimum atomic E-state index is -3.84. The SMILES string of the molecule is CCCCCCCCCCCCCCCCCCCC/C=C(\CCCCCCCCCC)N1C(=O)CC(S(=O)(=O)CCO)C1=O. The maximum absolute atomic E-state index is 13.1. The van der Waals surface area contributed by atoms with E-state index in [2.05, 4.69) is 13.8 Å². The molecule has 0 saturated carbocycles. The molecule has 0 spiro atoms. The van der Waals surface area contributed by atoms with Gasteiger partial charge in [-0.15, -0.1) is 0 Å². The van der Waals surface area contributed by atoms with Crippen molar-refractivity contribution in [3.63, 3.8) is 0 Å². The lowest BCUT2D eigenvalue weighted by Gasteiger charge is -2.19. The molecule has 1 fully saturated rings. The normalized spacial score (nSPS) is 15.9. The van der Waals surface area contributed by atoms with Crippen LogP contribution in [-0.2, 0) is 19.4 Å². The van der Waals surface area contributed by atoms with Crippen molar-refractivity contribution in [3.05, 3.63) is 11.8 Å². The van der Waals surface area contributed by atoms with Crippen molar-refractivity contribution in [1.82, 2.24) is 4.90 Å². The molecule has 0 aromatic heterocycles. The Kier molecular flexibility index (Phi) is 25.9. The lowest BCUT2D eigenvalue weighted by atomic mass is 10.0. The van der Waals surface area contributed by atoms with E-state index in [9.17, 15) is 18.0 Å². The summed E-state index contributed by atoms with van der Waals surface area (Å²) in [5.41, 5.74) is 0.685. The molecule has 0 radical (unpaired) electrons. The Balaban J connectivity index is 2.32. The van der Waals surface area contributed by atoms with Crippen LogP contribution in [0.25, 0.3) is 0 Å². The number of unbranched alkanes of at least 4 members (excludes halogenated alkanes) is 25. The second-order valence-electron chi connectivity index (χ2n) is 13.6. The molecule has 1 heterocycles. The molecule has 1 saturated heterocycles. The topological polar surface area (TPSA) is 91.8 Å². The summed E-state index contributed by atoms with van der Waals surface area (Å²) in [4.78, 5) is 27.1. The van der Waals surface area contributed by atoms with E-state index in [0.717, 1.165) is 43.4 Å². The fraction of sp³-hybridized carbons (Fsp3) is 0.895. The van der Waals surface area contributed by atoms with Crippen LogP contribution in [0.1, 0.15) is 200 Å². The Morgan fingerprint density at radius 1 is 0.644 bits per heavy atom. The van der Waals surface area contributed by atoms with Crippen LogP contribution in [-0.4, -0.2) is 47.8 Å². The molecule has 1 unspecified atom stereocenters. The second-order valence-corrected chi connectivity index (χ2v) is 15.9. The highest BCUT2D eigenvalue weighted by molar-refractivity contribution is 7.92. The largest absolute Gasteiger partial charge is 0.395 e. The molecule has 1 aliphatic rings. The number of imide groups is 1. The van der Waals surface area contributed by atoms with Crippen molar-refractivity contribution in [1.29, 1.82) is 0 Å². The molecular formula is C38H71NO5S. The molecule has 0 aromatic rings. The zero-order valence-electron chi connectivity index (χ0n) is 29.5. The number of hydrogen-bond donors (Lipinski definition) is 1. The van der Waals surface area contributed by atoms with Crippen molar-refractivity contribution in [2.24, 2.45) is 0 Å². The fourth-order valence-electron chi connectivity index (χ4n) is 6.52. The van der Waals surface area contributed by atoms with Crippen molar-refractivity contribution in [3.8, 4) is 0 Å². The Labute approximate surface area is 278 Å². The predicted molar refractivity (Wildman–Crippen MR) is 190 cm³/mol. The maximum atomic E-state index is 13.1. The third kappa shape index (κ3) is 19.9. The summed E-state index contributed by atoms with van der Waals surface area (Å²) in [5.74, 6) is -1.53. The Bertz CT molecular complexity index is 885. The van der Waals surface area contributed by atoms with Gasteiger partial charge in [-0.2, -0.15) is 0 Å². The van der Waals surface area contributed by atoms with Crippen molar-refractivity contribution < 1.29 is 23.1 Å². The summed E-state index contributed by atoms with van der Waals surface area (Å²) in [6.07, 6.45) is 36.5. The van der Waals surface area contributed by atoms with Gasteiger partial charge in [0.25, 0.3) is 5.91 Å². The van der Waals surface area contributed by atoms with Crippen LogP contribution >= 0.6 is 0 Å². The molecule has 264 valence electrons. The van der Waals surface area contributed by atoms with Gasteiger partial charge in [-0.25, -0.2) is 8.42 Å². The van der Waals surface area contributed by atoms with Crippen molar-refractivity contribution in [2.75, 3.05) is 12.4 Å². The highest BCUT2D eigenvalue weighted by atomic mass is 32.2. The second kappa shape index (κ2) is 27.9. The average Bonchev–Trinajstić information content (AvgIpc) is 3.32. The summed E-state index contributed by atoms with van der Waals surface area (Å²) in [5, 5.41) is 7.79. The maximum Gasteiger partial charge on any atom is 0.252 e.